The van der Waals surface area contributed by atoms with Crippen molar-refractivity contribution in [2.75, 3.05) is 33.2 Å². The van der Waals surface area contributed by atoms with Gasteiger partial charge < -0.3 is 9.80 Å². The molecule has 0 aromatic heterocycles. The second-order valence-corrected chi connectivity index (χ2v) is 10.2. The fourth-order valence-electron chi connectivity index (χ4n) is 6.77. The van der Waals surface area contributed by atoms with Gasteiger partial charge in [-0.3, -0.25) is 4.79 Å². The Morgan fingerprint density at radius 2 is 1.61 bits per heavy atom. The molecule has 1 heterocycles. The first kappa shape index (κ1) is 17.3. The lowest BCUT2D eigenvalue weighted by Crippen LogP contribution is -2.53. The molecule has 0 radical (unpaired) electrons. The van der Waals surface area contributed by atoms with Crippen molar-refractivity contribution in [3.8, 4) is 0 Å². The fourth-order valence-corrected chi connectivity index (χ4v) is 6.77. The number of hydrogen-bond donors (Lipinski definition) is 0. The number of hydrogen-bond acceptors (Lipinski definition) is 2. The van der Waals surface area contributed by atoms with E-state index >= 15 is 0 Å². The largest absolute Gasteiger partial charge is 0.341 e. The Balaban J connectivity index is 1.77. The Labute approximate surface area is 142 Å². The Kier molecular flexibility index (Phi) is 4.32. The van der Waals surface area contributed by atoms with Crippen LogP contribution in [0.1, 0.15) is 66.2 Å². The number of fused-ring (bicyclic) bond motifs is 4. The SMILES string of the molecule is CC1CC2(C)CC(C)(C2)CC(C)(C(=O)N2CCCN(C)CC2)C1. The highest BCUT2D eigenvalue weighted by atomic mass is 16.2. The molecule has 1 saturated heterocycles. The minimum absolute atomic E-state index is 0.154. The number of carbonyl (C=O) groups is 1. The molecule has 3 aliphatic carbocycles. The molecule has 23 heavy (non-hydrogen) atoms. The molecule has 1 aliphatic heterocycles. The monoisotopic (exact) mass is 320 g/mol. The van der Waals surface area contributed by atoms with Crippen molar-refractivity contribution in [3.63, 3.8) is 0 Å². The van der Waals surface area contributed by atoms with Gasteiger partial charge in [0.2, 0.25) is 5.91 Å². The van der Waals surface area contributed by atoms with E-state index in [9.17, 15) is 4.79 Å². The third kappa shape index (κ3) is 3.45. The van der Waals surface area contributed by atoms with Gasteiger partial charge in [0, 0.05) is 25.0 Å². The Hall–Kier alpha value is -0.570. The van der Waals surface area contributed by atoms with Gasteiger partial charge in [0.05, 0.1) is 0 Å². The number of rotatable bonds is 1. The molecule has 0 N–H and O–H groups in total. The van der Waals surface area contributed by atoms with E-state index in [0.29, 0.717) is 22.7 Å². The van der Waals surface area contributed by atoms with Crippen LogP contribution in [0.15, 0.2) is 0 Å². The van der Waals surface area contributed by atoms with Crippen molar-refractivity contribution >= 4 is 5.91 Å². The maximum atomic E-state index is 13.4. The lowest BCUT2D eigenvalue weighted by atomic mass is 9.46. The minimum atomic E-state index is -0.154. The van der Waals surface area contributed by atoms with Crippen LogP contribution < -0.4 is 0 Å². The number of carbonyl (C=O) groups excluding carboxylic acids is 1. The summed E-state index contributed by atoms with van der Waals surface area (Å²) in [6.45, 7) is 13.5. The second-order valence-electron chi connectivity index (χ2n) is 10.2. The van der Waals surface area contributed by atoms with E-state index in [1.54, 1.807) is 0 Å². The summed E-state index contributed by atoms with van der Waals surface area (Å²) in [6.07, 6.45) is 7.21. The minimum Gasteiger partial charge on any atom is -0.341 e. The smallest absolute Gasteiger partial charge is 0.228 e. The first-order valence-corrected chi connectivity index (χ1v) is 9.61. The molecule has 4 fully saturated rings. The Bertz CT molecular complexity index is 463. The number of likely N-dealkylation sites (N-methyl/N-ethyl adjacent to an activating group) is 1. The summed E-state index contributed by atoms with van der Waals surface area (Å²) in [5, 5.41) is 0. The van der Waals surface area contributed by atoms with Crippen molar-refractivity contribution < 1.29 is 4.79 Å². The predicted octanol–water partition coefficient (Wildman–Crippen LogP) is 3.78. The molecule has 2 unspecified atom stereocenters. The van der Waals surface area contributed by atoms with Crippen molar-refractivity contribution in [2.45, 2.75) is 66.2 Å². The molecular formula is C20H36N2O. The summed E-state index contributed by atoms with van der Waals surface area (Å²) in [6, 6.07) is 0. The molecule has 3 saturated carbocycles. The van der Waals surface area contributed by atoms with E-state index in [1.807, 2.05) is 0 Å². The molecule has 0 spiro atoms. The van der Waals surface area contributed by atoms with Gasteiger partial charge in [-0.25, -0.2) is 0 Å². The predicted molar refractivity (Wildman–Crippen MR) is 95.3 cm³/mol. The highest BCUT2D eigenvalue weighted by Crippen LogP contribution is 2.64. The number of nitrogens with zero attached hydrogens (tertiary/aromatic N) is 2. The average molecular weight is 321 g/mol. The van der Waals surface area contributed by atoms with Crippen LogP contribution in [0.2, 0.25) is 0 Å². The summed E-state index contributed by atoms with van der Waals surface area (Å²) < 4.78 is 0. The summed E-state index contributed by atoms with van der Waals surface area (Å²) in [5.74, 6) is 1.10. The highest BCUT2D eigenvalue weighted by Gasteiger charge is 2.55. The molecule has 0 aromatic carbocycles. The summed E-state index contributed by atoms with van der Waals surface area (Å²) in [5.41, 5.74) is 0.782. The third-order valence-electron chi connectivity index (χ3n) is 6.69. The normalized spacial score (nSPS) is 45.6. The zero-order valence-electron chi connectivity index (χ0n) is 16.0. The topological polar surface area (TPSA) is 23.6 Å². The van der Waals surface area contributed by atoms with Crippen LogP contribution >= 0.6 is 0 Å². The standard InChI is InChI=1S/C20H36N2O/c1-16-11-18(2)13-19(3,14-18)15-20(4,12-16)17(23)22-8-6-7-21(5)9-10-22/h16H,6-15H2,1-5H3. The molecule has 0 aromatic rings. The molecule has 3 heteroatoms. The van der Waals surface area contributed by atoms with E-state index in [0.717, 1.165) is 45.4 Å². The van der Waals surface area contributed by atoms with E-state index in [4.69, 9.17) is 0 Å². The van der Waals surface area contributed by atoms with E-state index in [-0.39, 0.29) is 5.41 Å². The van der Waals surface area contributed by atoms with Gasteiger partial charge in [0.15, 0.2) is 0 Å². The van der Waals surface area contributed by atoms with Crippen molar-refractivity contribution in [3.05, 3.63) is 0 Å². The van der Waals surface area contributed by atoms with Crippen LogP contribution in [0.25, 0.3) is 0 Å². The molecule has 2 bridgehead atoms. The molecule has 1 amide bonds. The summed E-state index contributed by atoms with van der Waals surface area (Å²) >= 11 is 0. The van der Waals surface area contributed by atoms with Gasteiger partial charge >= 0.3 is 0 Å². The molecule has 132 valence electrons. The van der Waals surface area contributed by atoms with Gasteiger partial charge in [0.25, 0.3) is 0 Å². The van der Waals surface area contributed by atoms with Crippen molar-refractivity contribution in [1.82, 2.24) is 9.80 Å². The van der Waals surface area contributed by atoms with Crippen molar-refractivity contribution in [1.29, 1.82) is 0 Å². The first-order valence-electron chi connectivity index (χ1n) is 9.61. The third-order valence-corrected chi connectivity index (χ3v) is 6.69. The quantitative estimate of drug-likeness (QED) is 0.734. The van der Waals surface area contributed by atoms with Crippen molar-refractivity contribution in [2.24, 2.45) is 22.2 Å². The average Bonchev–Trinajstić information content (AvgIpc) is 2.58. The van der Waals surface area contributed by atoms with E-state index in [1.165, 1.54) is 19.3 Å². The van der Waals surface area contributed by atoms with Crippen LogP contribution in [-0.4, -0.2) is 48.9 Å². The summed E-state index contributed by atoms with van der Waals surface area (Å²) in [4.78, 5) is 18.0. The fraction of sp³-hybridized carbons (Fsp3) is 0.950. The first-order chi connectivity index (χ1) is 10.6. The lowest BCUT2D eigenvalue weighted by molar-refractivity contribution is -0.153. The zero-order chi connectivity index (χ0) is 16.9. The molecular weight excluding hydrogens is 284 g/mol. The van der Waals surface area contributed by atoms with Crippen LogP contribution in [0, 0.1) is 22.2 Å². The summed E-state index contributed by atoms with van der Waals surface area (Å²) in [7, 11) is 2.17. The highest BCUT2D eigenvalue weighted by molar-refractivity contribution is 5.82. The Morgan fingerprint density at radius 1 is 0.913 bits per heavy atom. The van der Waals surface area contributed by atoms with Crippen LogP contribution in [0.3, 0.4) is 0 Å². The van der Waals surface area contributed by atoms with Gasteiger partial charge in [-0.1, -0.05) is 27.7 Å². The van der Waals surface area contributed by atoms with Gasteiger partial charge in [-0.15, -0.1) is 0 Å². The van der Waals surface area contributed by atoms with Crippen LogP contribution in [0.5, 0.6) is 0 Å². The molecule has 2 atom stereocenters. The molecule has 3 nitrogen and oxygen atoms in total. The maximum Gasteiger partial charge on any atom is 0.228 e. The maximum absolute atomic E-state index is 13.4. The second kappa shape index (κ2) is 5.75. The van der Waals surface area contributed by atoms with Gasteiger partial charge in [0.1, 0.15) is 0 Å². The van der Waals surface area contributed by atoms with Crippen LogP contribution in [0.4, 0.5) is 0 Å². The van der Waals surface area contributed by atoms with Gasteiger partial charge in [-0.2, -0.15) is 0 Å². The number of amides is 1. The molecule has 4 aliphatic rings. The van der Waals surface area contributed by atoms with Gasteiger partial charge in [-0.05, 0) is 68.9 Å². The Morgan fingerprint density at radius 3 is 2.30 bits per heavy atom. The van der Waals surface area contributed by atoms with Crippen LogP contribution in [-0.2, 0) is 4.79 Å². The van der Waals surface area contributed by atoms with E-state index < -0.39 is 0 Å². The molecule has 4 rings (SSSR count). The zero-order valence-corrected chi connectivity index (χ0v) is 16.0. The lowest BCUT2D eigenvalue weighted by Gasteiger charge is -2.59. The van der Waals surface area contributed by atoms with E-state index in [2.05, 4.69) is 44.5 Å².